The number of ether oxygens (including phenoxy) is 1. The molecule has 0 bridgehead atoms. The standard InChI is InChI=1S/C16H33NO2Si/c1-17(2)20(4,5)15-13-11-9-7-6-8-10-12-14-16(18)19-3/h13,15H,6-12,14H2,1-5H3/b15-13+. The summed E-state index contributed by atoms with van der Waals surface area (Å²) in [7, 11) is 4.53. The molecule has 0 aromatic carbocycles. The van der Waals surface area contributed by atoms with E-state index in [0.29, 0.717) is 6.42 Å². The lowest BCUT2D eigenvalue weighted by Gasteiger charge is -2.26. The Kier molecular flexibility index (Phi) is 10.8. The number of esters is 1. The summed E-state index contributed by atoms with van der Waals surface area (Å²) in [5.41, 5.74) is 2.43. The quantitative estimate of drug-likeness (QED) is 0.326. The molecule has 0 rings (SSSR count). The predicted molar refractivity (Wildman–Crippen MR) is 89.3 cm³/mol. The van der Waals surface area contributed by atoms with Crippen LogP contribution < -0.4 is 0 Å². The number of hydrogen-bond acceptors (Lipinski definition) is 3. The molecule has 20 heavy (non-hydrogen) atoms. The van der Waals surface area contributed by atoms with Gasteiger partial charge in [-0.25, -0.2) is 0 Å². The van der Waals surface area contributed by atoms with Crippen LogP contribution in [0.1, 0.15) is 51.4 Å². The lowest BCUT2D eigenvalue weighted by Crippen LogP contribution is -2.41. The van der Waals surface area contributed by atoms with Crippen LogP contribution in [0, 0.1) is 0 Å². The summed E-state index contributed by atoms with van der Waals surface area (Å²) < 4.78 is 6.99. The fourth-order valence-electron chi connectivity index (χ4n) is 1.86. The minimum atomic E-state index is -1.27. The van der Waals surface area contributed by atoms with Crippen molar-refractivity contribution in [2.24, 2.45) is 0 Å². The monoisotopic (exact) mass is 299 g/mol. The summed E-state index contributed by atoms with van der Waals surface area (Å²) in [6.07, 6.45) is 11.3. The Morgan fingerprint density at radius 2 is 1.60 bits per heavy atom. The Balaban J connectivity index is 3.41. The zero-order valence-corrected chi connectivity index (χ0v) is 15.1. The van der Waals surface area contributed by atoms with Gasteiger partial charge in [0, 0.05) is 6.42 Å². The SMILES string of the molecule is COC(=O)CCCCCCCC/C=C/[Si](C)(C)N(C)C. The highest BCUT2D eigenvalue weighted by Crippen LogP contribution is 2.11. The van der Waals surface area contributed by atoms with Gasteiger partial charge in [-0.2, -0.15) is 0 Å². The van der Waals surface area contributed by atoms with E-state index in [1.807, 2.05) is 0 Å². The molecule has 118 valence electrons. The van der Waals surface area contributed by atoms with Gasteiger partial charge in [-0.1, -0.05) is 50.6 Å². The van der Waals surface area contributed by atoms with Crippen LogP contribution in [-0.4, -0.2) is 40.0 Å². The highest BCUT2D eigenvalue weighted by Gasteiger charge is 2.18. The van der Waals surface area contributed by atoms with Gasteiger partial charge >= 0.3 is 5.97 Å². The molecule has 0 heterocycles. The number of allylic oxidation sites excluding steroid dienone is 1. The first kappa shape index (κ1) is 19.4. The molecule has 0 saturated carbocycles. The van der Waals surface area contributed by atoms with Crippen molar-refractivity contribution in [2.45, 2.75) is 64.5 Å². The van der Waals surface area contributed by atoms with Crippen molar-refractivity contribution in [3.8, 4) is 0 Å². The van der Waals surface area contributed by atoms with E-state index in [2.05, 4.69) is 48.3 Å². The normalized spacial score (nSPS) is 12.3. The lowest BCUT2D eigenvalue weighted by atomic mass is 10.1. The summed E-state index contributed by atoms with van der Waals surface area (Å²) in [4.78, 5) is 10.9. The fourth-order valence-corrected chi connectivity index (χ4v) is 2.90. The van der Waals surface area contributed by atoms with E-state index >= 15 is 0 Å². The molecule has 0 amide bonds. The lowest BCUT2D eigenvalue weighted by molar-refractivity contribution is -0.140. The maximum Gasteiger partial charge on any atom is 0.305 e. The van der Waals surface area contributed by atoms with E-state index in [0.717, 1.165) is 12.8 Å². The van der Waals surface area contributed by atoms with Crippen LogP contribution in [0.4, 0.5) is 0 Å². The Hall–Kier alpha value is -0.613. The average Bonchev–Trinajstić information content (AvgIpc) is 2.40. The Morgan fingerprint density at radius 3 is 2.15 bits per heavy atom. The molecule has 0 aromatic rings. The predicted octanol–water partition coefficient (Wildman–Crippen LogP) is 4.14. The molecule has 0 aliphatic heterocycles. The maximum absolute atomic E-state index is 10.9. The number of methoxy groups -OCH3 is 1. The van der Waals surface area contributed by atoms with Gasteiger partial charge in [-0.15, -0.1) is 0 Å². The molecule has 3 nitrogen and oxygen atoms in total. The second kappa shape index (κ2) is 11.1. The van der Waals surface area contributed by atoms with Gasteiger partial charge in [-0.3, -0.25) is 4.79 Å². The van der Waals surface area contributed by atoms with Crippen molar-refractivity contribution >= 4 is 14.2 Å². The zero-order valence-electron chi connectivity index (χ0n) is 14.1. The molecule has 4 heteroatoms. The molecule has 0 aliphatic carbocycles. The van der Waals surface area contributed by atoms with Crippen LogP contribution in [0.3, 0.4) is 0 Å². The van der Waals surface area contributed by atoms with Crippen LogP contribution in [0.5, 0.6) is 0 Å². The molecule has 0 fully saturated rings. The molecule has 0 unspecified atom stereocenters. The molecule has 0 spiro atoms. The topological polar surface area (TPSA) is 29.5 Å². The average molecular weight is 300 g/mol. The third kappa shape index (κ3) is 10.2. The third-order valence-corrected chi connectivity index (χ3v) is 7.26. The zero-order chi connectivity index (χ0) is 15.4. The number of carbonyl (C=O) groups is 1. The van der Waals surface area contributed by atoms with Gasteiger partial charge in [0.2, 0.25) is 0 Å². The second-order valence-electron chi connectivity index (χ2n) is 6.19. The van der Waals surface area contributed by atoms with Crippen molar-refractivity contribution in [3.63, 3.8) is 0 Å². The summed E-state index contributed by atoms with van der Waals surface area (Å²) in [6.45, 7) is 4.73. The molecule has 0 aliphatic rings. The van der Waals surface area contributed by atoms with Gasteiger partial charge in [0.25, 0.3) is 0 Å². The van der Waals surface area contributed by atoms with E-state index in [9.17, 15) is 4.79 Å². The molecule has 0 atom stereocenters. The highest BCUT2D eigenvalue weighted by atomic mass is 28.3. The smallest absolute Gasteiger partial charge is 0.305 e. The van der Waals surface area contributed by atoms with Crippen LogP contribution >= 0.6 is 0 Å². The van der Waals surface area contributed by atoms with Crippen molar-refractivity contribution in [1.29, 1.82) is 0 Å². The second-order valence-corrected chi connectivity index (χ2v) is 10.7. The number of carbonyl (C=O) groups excluding carboxylic acids is 1. The van der Waals surface area contributed by atoms with E-state index in [1.165, 1.54) is 39.2 Å². The number of unbranched alkanes of at least 4 members (excludes halogenated alkanes) is 6. The Labute approximate surface area is 126 Å². The molecular formula is C16H33NO2Si. The van der Waals surface area contributed by atoms with E-state index in [-0.39, 0.29) is 5.97 Å². The van der Waals surface area contributed by atoms with Crippen molar-refractivity contribution < 1.29 is 9.53 Å². The van der Waals surface area contributed by atoms with Crippen LogP contribution in [-0.2, 0) is 9.53 Å². The third-order valence-electron chi connectivity index (χ3n) is 3.91. The van der Waals surface area contributed by atoms with Crippen molar-refractivity contribution in [2.75, 3.05) is 21.2 Å². The largest absolute Gasteiger partial charge is 0.469 e. The number of hydrogen-bond donors (Lipinski definition) is 0. The van der Waals surface area contributed by atoms with E-state index in [1.54, 1.807) is 0 Å². The molecule has 0 saturated heterocycles. The van der Waals surface area contributed by atoms with Crippen LogP contribution in [0.2, 0.25) is 13.1 Å². The van der Waals surface area contributed by atoms with Crippen LogP contribution in [0.15, 0.2) is 11.8 Å². The Bertz CT molecular complexity index is 288. The fraction of sp³-hybridized carbons (Fsp3) is 0.812. The summed E-state index contributed by atoms with van der Waals surface area (Å²) in [5.74, 6) is -0.0807. The number of nitrogens with zero attached hydrogens (tertiary/aromatic N) is 1. The van der Waals surface area contributed by atoms with E-state index < -0.39 is 8.24 Å². The van der Waals surface area contributed by atoms with Gasteiger partial charge in [0.05, 0.1) is 7.11 Å². The minimum absolute atomic E-state index is 0.0807. The summed E-state index contributed by atoms with van der Waals surface area (Å²) in [6, 6.07) is 0. The van der Waals surface area contributed by atoms with E-state index in [4.69, 9.17) is 0 Å². The summed E-state index contributed by atoms with van der Waals surface area (Å²) >= 11 is 0. The minimum Gasteiger partial charge on any atom is -0.469 e. The van der Waals surface area contributed by atoms with Gasteiger partial charge in [-0.05, 0) is 33.4 Å². The van der Waals surface area contributed by atoms with Gasteiger partial charge in [0.1, 0.15) is 8.24 Å². The summed E-state index contributed by atoms with van der Waals surface area (Å²) in [5, 5.41) is 0. The first-order valence-electron chi connectivity index (χ1n) is 7.82. The molecular weight excluding hydrogens is 266 g/mol. The first-order chi connectivity index (χ1) is 9.40. The molecule has 0 radical (unpaired) electrons. The van der Waals surface area contributed by atoms with Crippen LogP contribution in [0.25, 0.3) is 0 Å². The number of rotatable bonds is 11. The highest BCUT2D eigenvalue weighted by molar-refractivity contribution is 6.79. The van der Waals surface area contributed by atoms with Crippen molar-refractivity contribution in [1.82, 2.24) is 4.57 Å². The Morgan fingerprint density at radius 1 is 1.05 bits per heavy atom. The van der Waals surface area contributed by atoms with Gasteiger partial charge in [0.15, 0.2) is 0 Å². The maximum atomic E-state index is 10.9. The molecule has 0 N–H and O–H groups in total. The van der Waals surface area contributed by atoms with Crippen molar-refractivity contribution in [3.05, 3.63) is 11.8 Å². The van der Waals surface area contributed by atoms with Gasteiger partial charge < -0.3 is 9.30 Å². The first-order valence-corrected chi connectivity index (χ1v) is 10.8. The molecule has 0 aromatic heterocycles.